The van der Waals surface area contributed by atoms with E-state index >= 15 is 0 Å². The van der Waals surface area contributed by atoms with Crippen molar-refractivity contribution in [1.29, 1.82) is 0 Å². The fraction of sp³-hybridized carbons (Fsp3) is 0.111. The van der Waals surface area contributed by atoms with Gasteiger partial charge in [0.15, 0.2) is 10.3 Å². The van der Waals surface area contributed by atoms with Crippen LogP contribution in [0.25, 0.3) is 21.5 Å². The maximum Gasteiger partial charge on any atom is 0.338 e. The second-order valence-corrected chi connectivity index (χ2v) is 7.22. The Kier molecular flexibility index (Phi) is 4.59. The van der Waals surface area contributed by atoms with Crippen LogP contribution in [0.2, 0.25) is 0 Å². The quantitative estimate of drug-likeness (QED) is 0.503. The molecule has 26 heavy (non-hydrogen) atoms. The SMILES string of the molecule is CCOC(=O)c1ccc2nc(Nc3nc(-c4cccnc4)cs3)sc2c1. The van der Waals surface area contributed by atoms with Crippen LogP contribution in [0.5, 0.6) is 0 Å². The number of nitrogens with zero attached hydrogens (tertiary/aromatic N) is 3. The van der Waals surface area contributed by atoms with Crippen LogP contribution in [-0.4, -0.2) is 27.5 Å². The number of carbonyl (C=O) groups excluding carboxylic acids is 1. The van der Waals surface area contributed by atoms with Crippen molar-refractivity contribution in [3.63, 3.8) is 0 Å². The van der Waals surface area contributed by atoms with Gasteiger partial charge in [0.1, 0.15) is 0 Å². The Morgan fingerprint density at radius 1 is 1.23 bits per heavy atom. The number of fused-ring (bicyclic) bond motifs is 1. The molecule has 8 heteroatoms. The standard InChI is InChI=1S/C18H14N4O2S2/c1-2-24-16(23)11-5-6-13-15(8-11)26-18(20-13)22-17-21-14(10-25-17)12-4-3-7-19-9-12/h3-10H,2H2,1H3,(H,20,21,22). The Hall–Kier alpha value is -2.84. The third-order valence-corrected chi connectivity index (χ3v) is 5.27. The third kappa shape index (κ3) is 3.42. The first kappa shape index (κ1) is 16.6. The Labute approximate surface area is 157 Å². The summed E-state index contributed by atoms with van der Waals surface area (Å²) in [5, 5.41) is 6.70. The highest BCUT2D eigenvalue weighted by molar-refractivity contribution is 7.22. The predicted octanol–water partition coefficient (Wildman–Crippen LogP) is 4.74. The van der Waals surface area contributed by atoms with Gasteiger partial charge < -0.3 is 10.1 Å². The molecular formula is C18H14N4O2S2. The molecule has 0 aliphatic carbocycles. The summed E-state index contributed by atoms with van der Waals surface area (Å²) in [6, 6.07) is 9.22. The molecule has 0 spiro atoms. The molecule has 3 heterocycles. The highest BCUT2D eigenvalue weighted by atomic mass is 32.1. The highest BCUT2D eigenvalue weighted by Gasteiger charge is 2.11. The first-order valence-electron chi connectivity index (χ1n) is 7.93. The first-order chi connectivity index (χ1) is 12.7. The van der Waals surface area contributed by atoms with Crippen LogP contribution in [0, 0.1) is 0 Å². The van der Waals surface area contributed by atoms with Crippen molar-refractivity contribution in [2.24, 2.45) is 0 Å². The predicted molar refractivity (Wildman–Crippen MR) is 104 cm³/mol. The molecule has 0 amide bonds. The average Bonchev–Trinajstić information content (AvgIpc) is 3.28. The van der Waals surface area contributed by atoms with Gasteiger partial charge in [-0.3, -0.25) is 4.98 Å². The number of carbonyl (C=O) groups is 1. The highest BCUT2D eigenvalue weighted by Crippen LogP contribution is 2.31. The van der Waals surface area contributed by atoms with E-state index in [2.05, 4.69) is 20.3 Å². The van der Waals surface area contributed by atoms with Crippen LogP contribution < -0.4 is 5.32 Å². The Bertz CT molecular complexity index is 1060. The summed E-state index contributed by atoms with van der Waals surface area (Å²) < 4.78 is 5.96. The van der Waals surface area contributed by atoms with E-state index in [-0.39, 0.29) is 5.97 Å². The Balaban J connectivity index is 1.56. The summed E-state index contributed by atoms with van der Waals surface area (Å²) in [4.78, 5) is 25.1. The molecule has 0 bridgehead atoms. The number of ether oxygens (including phenoxy) is 1. The number of aromatic nitrogens is 3. The number of pyridine rings is 1. The van der Waals surface area contributed by atoms with Gasteiger partial charge in [0.2, 0.25) is 0 Å². The zero-order valence-electron chi connectivity index (χ0n) is 13.8. The van der Waals surface area contributed by atoms with Gasteiger partial charge >= 0.3 is 5.97 Å². The van der Waals surface area contributed by atoms with Crippen molar-refractivity contribution in [3.8, 4) is 11.3 Å². The van der Waals surface area contributed by atoms with Gasteiger partial charge in [0.05, 0.1) is 28.1 Å². The normalized spacial score (nSPS) is 10.8. The smallest absolute Gasteiger partial charge is 0.338 e. The molecule has 4 rings (SSSR count). The monoisotopic (exact) mass is 382 g/mol. The second kappa shape index (κ2) is 7.19. The van der Waals surface area contributed by atoms with Crippen molar-refractivity contribution in [1.82, 2.24) is 15.0 Å². The molecule has 4 aromatic rings. The number of nitrogens with one attached hydrogen (secondary N) is 1. The maximum atomic E-state index is 11.9. The van der Waals surface area contributed by atoms with Crippen molar-refractivity contribution in [2.45, 2.75) is 6.92 Å². The van der Waals surface area contributed by atoms with E-state index in [0.717, 1.165) is 31.7 Å². The second-order valence-electron chi connectivity index (χ2n) is 5.33. The van der Waals surface area contributed by atoms with Crippen LogP contribution in [0.1, 0.15) is 17.3 Å². The fourth-order valence-corrected chi connectivity index (χ4v) is 4.08. The van der Waals surface area contributed by atoms with E-state index < -0.39 is 0 Å². The van der Waals surface area contributed by atoms with Crippen molar-refractivity contribution >= 4 is 49.1 Å². The van der Waals surface area contributed by atoms with E-state index in [1.54, 1.807) is 31.5 Å². The summed E-state index contributed by atoms with van der Waals surface area (Å²) >= 11 is 2.98. The van der Waals surface area contributed by atoms with E-state index in [1.807, 2.05) is 23.6 Å². The van der Waals surface area contributed by atoms with Crippen LogP contribution in [0.15, 0.2) is 48.1 Å². The van der Waals surface area contributed by atoms with Gasteiger partial charge in [-0.1, -0.05) is 11.3 Å². The number of hydrogen-bond donors (Lipinski definition) is 1. The Morgan fingerprint density at radius 2 is 2.15 bits per heavy atom. The van der Waals surface area contributed by atoms with Crippen molar-refractivity contribution in [3.05, 3.63) is 53.7 Å². The largest absolute Gasteiger partial charge is 0.462 e. The van der Waals surface area contributed by atoms with Gasteiger partial charge in [-0.2, -0.15) is 0 Å². The summed E-state index contributed by atoms with van der Waals surface area (Å²) in [5.41, 5.74) is 3.20. The summed E-state index contributed by atoms with van der Waals surface area (Å²) in [7, 11) is 0. The molecule has 0 radical (unpaired) electrons. The van der Waals surface area contributed by atoms with E-state index in [9.17, 15) is 4.79 Å². The Morgan fingerprint density at radius 3 is 2.96 bits per heavy atom. The molecule has 130 valence electrons. The van der Waals surface area contributed by atoms with Crippen molar-refractivity contribution in [2.75, 3.05) is 11.9 Å². The van der Waals surface area contributed by atoms with Crippen molar-refractivity contribution < 1.29 is 9.53 Å². The van der Waals surface area contributed by atoms with Crippen LogP contribution >= 0.6 is 22.7 Å². The fourth-order valence-electron chi connectivity index (χ4n) is 2.39. The summed E-state index contributed by atoms with van der Waals surface area (Å²) in [6.45, 7) is 2.15. The molecule has 1 aromatic carbocycles. The molecule has 6 nitrogen and oxygen atoms in total. The minimum atomic E-state index is -0.321. The van der Waals surface area contributed by atoms with Crippen LogP contribution in [0.3, 0.4) is 0 Å². The molecule has 3 aromatic heterocycles. The first-order valence-corrected chi connectivity index (χ1v) is 9.63. The number of esters is 1. The molecule has 0 atom stereocenters. The van der Waals surface area contributed by atoms with E-state index in [0.29, 0.717) is 12.2 Å². The zero-order chi connectivity index (χ0) is 17.9. The van der Waals surface area contributed by atoms with Gasteiger partial charge in [0, 0.05) is 23.3 Å². The molecule has 0 saturated heterocycles. The lowest BCUT2D eigenvalue weighted by atomic mass is 10.2. The van der Waals surface area contributed by atoms with E-state index in [1.165, 1.54) is 22.7 Å². The minimum absolute atomic E-state index is 0.321. The number of thiazole rings is 2. The average molecular weight is 382 g/mol. The molecule has 0 aliphatic rings. The molecule has 0 fully saturated rings. The summed E-state index contributed by atoms with van der Waals surface area (Å²) in [5.74, 6) is -0.321. The maximum absolute atomic E-state index is 11.9. The lowest BCUT2D eigenvalue weighted by Crippen LogP contribution is -2.03. The topological polar surface area (TPSA) is 77.0 Å². The van der Waals surface area contributed by atoms with E-state index in [4.69, 9.17) is 4.74 Å². The van der Waals surface area contributed by atoms with Crippen LogP contribution in [0.4, 0.5) is 10.3 Å². The van der Waals surface area contributed by atoms with Gasteiger partial charge in [-0.25, -0.2) is 14.8 Å². The molecule has 0 saturated carbocycles. The van der Waals surface area contributed by atoms with Gasteiger partial charge in [-0.05, 0) is 37.3 Å². The number of hydrogen-bond acceptors (Lipinski definition) is 8. The molecular weight excluding hydrogens is 368 g/mol. The molecule has 0 aliphatic heterocycles. The number of benzene rings is 1. The number of rotatable bonds is 5. The molecule has 0 unspecified atom stereocenters. The lowest BCUT2D eigenvalue weighted by molar-refractivity contribution is 0.0526. The lowest BCUT2D eigenvalue weighted by Gasteiger charge is -2.00. The zero-order valence-corrected chi connectivity index (χ0v) is 15.4. The minimum Gasteiger partial charge on any atom is -0.462 e. The molecule has 1 N–H and O–H groups in total. The summed E-state index contributed by atoms with van der Waals surface area (Å²) in [6.07, 6.45) is 3.52. The third-order valence-electron chi connectivity index (χ3n) is 3.57. The van der Waals surface area contributed by atoms with Gasteiger partial charge in [-0.15, -0.1) is 11.3 Å². The number of anilines is 2. The van der Waals surface area contributed by atoms with Gasteiger partial charge in [0.25, 0.3) is 0 Å². The van der Waals surface area contributed by atoms with Crippen LogP contribution in [-0.2, 0) is 4.74 Å².